The van der Waals surface area contributed by atoms with Crippen LogP contribution in [-0.2, 0) is 18.3 Å². The topological polar surface area (TPSA) is 70.9 Å². The molecule has 0 fully saturated rings. The van der Waals surface area contributed by atoms with Gasteiger partial charge in [-0.05, 0) is 6.07 Å². The fourth-order valence-electron chi connectivity index (χ4n) is 2.32. The molecule has 0 atom stereocenters. The summed E-state index contributed by atoms with van der Waals surface area (Å²) in [5.41, 5.74) is 3.40. The minimum absolute atomic E-state index is 0.0251. The zero-order valence-electron chi connectivity index (χ0n) is 10.4. The molecule has 0 aliphatic rings. The SMILES string of the molecule is Cn1cc(CC(=O)O)c(-c2c[nH]c3ccccc23)n1. The number of aryl methyl sites for hydroxylation is 1. The van der Waals surface area contributed by atoms with Gasteiger partial charge in [-0.15, -0.1) is 0 Å². The van der Waals surface area contributed by atoms with Gasteiger partial charge < -0.3 is 10.1 Å². The number of aliphatic carboxylic acids is 1. The molecule has 2 aromatic heterocycles. The highest BCUT2D eigenvalue weighted by molar-refractivity contribution is 5.95. The molecule has 0 bridgehead atoms. The van der Waals surface area contributed by atoms with Crippen molar-refractivity contribution in [3.63, 3.8) is 0 Å². The summed E-state index contributed by atoms with van der Waals surface area (Å²) in [5, 5.41) is 14.4. The number of carboxylic acid groups (broad SMARTS) is 1. The Hall–Kier alpha value is -2.56. The highest BCUT2D eigenvalue weighted by Gasteiger charge is 2.16. The first-order valence-corrected chi connectivity index (χ1v) is 5.96. The molecular weight excluding hydrogens is 242 g/mol. The maximum Gasteiger partial charge on any atom is 0.307 e. The zero-order valence-corrected chi connectivity index (χ0v) is 10.4. The van der Waals surface area contributed by atoms with Gasteiger partial charge >= 0.3 is 5.97 Å². The first kappa shape index (κ1) is 11.5. The van der Waals surface area contributed by atoms with Crippen LogP contribution in [0.2, 0.25) is 0 Å². The van der Waals surface area contributed by atoms with Crippen molar-refractivity contribution in [1.82, 2.24) is 14.8 Å². The average molecular weight is 255 g/mol. The first-order valence-electron chi connectivity index (χ1n) is 5.96. The van der Waals surface area contributed by atoms with Gasteiger partial charge in [0.1, 0.15) is 0 Å². The van der Waals surface area contributed by atoms with Gasteiger partial charge in [-0.2, -0.15) is 5.10 Å². The third kappa shape index (κ3) is 1.99. The molecule has 0 unspecified atom stereocenters. The minimum atomic E-state index is -0.853. The molecule has 3 rings (SSSR count). The summed E-state index contributed by atoms with van der Waals surface area (Å²) in [4.78, 5) is 14.1. The van der Waals surface area contributed by atoms with Crippen LogP contribution < -0.4 is 0 Å². The molecule has 5 heteroatoms. The van der Waals surface area contributed by atoms with Crippen LogP contribution >= 0.6 is 0 Å². The number of fused-ring (bicyclic) bond motifs is 1. The quantitative estimate of drug-likeness (QED) is 0.753. The van der Waals surface area contributed by atoms with Crippen molar-refractivity contribution >= 4 is 16.9 Å². The summed E-state index contributed by atoms with van der Waals surface area (Å²) in [6.07, 6.45) is 3.60. The number of carboxylic acids is 1. The van der Waals surface area contributed by atoms with E-state index < -0.39 is 5.97 Å². The highest BCUT2D eigenvalue weighted by atomic mass is 16.4. The largest absolute Gasteiger partial charge is 0.481 e. The Balaban J connectivity index is 2.18. The number of H-pyrrole nitrogens is 1. The lowest BCUT2D eigenvalue weighted by Gasteiger charge is -1.98. The second-order valence-electron chi connectivity index (χ2n) is 4.50. The van der Waals surface area contributed by atoms with Crippen LogP contribution in [0.3, 0.4) is 0 Å². The summed E-state index contributed by atoms with van der Waals surface area (Å²) in [7, 11) is 1.80. The van der Waals surface area contributed by atoms with Crippen molar-refractivity contribution in [2.75, 3.05) is 0 Å². The van der Waals surface area contributed by atoms with Crippen molar-refractivity contribution in [3.8, 4) is 11.3 Å². The van der Waals surface area contributed by atoms with Crippen LogP contribution in [0.1, 0.15) is 5.56 Å². The second kappa shape index (κ2) is 4.28. The molecule has 5 nitrogen and oxygen atoms in total. The Bertz CT molecular complexity index is 755. The van der Waals surface area contributed by atoms with E-state index in [0.29, 0.717) is 0 Å². The molecule has 2 heterocycles. The van der Waals surface area contributed by atoms with E-state index >= 15 is 0 Å². The fourth-order valence-corrected chi connectivity index (χ4v) is 2.32. The molecule has 2 N–H and O–H groups in total. The molecule has 0 aliphatic carbocycles. The molecule has 0 saturated carbocycles. The lowest BCUT2D eigenvalue weighted by molar-refractivity contribution is -0.136. The number of nitrogens with one attached hydrogen (secondary N) is 1. The number of rotatable bonds is 3. The summed E-state index contributed by atoms with van der Waals surface area (Å²) >= 11 is 0. The standard InChI is InChI=1S/C14H13N3O2/c1-17-8-9(6-13(18)19)14(16-17)11-7-15-12-5-3-2-4-10(11)12/h2-5,7-8,15H,6H2,1H3,(H,18,19). The van der Waals surface area contributed by atoms with E-state index in [1.807, 2.05) is 30.5 Å². The predicted molar refractivity (Wildman–Crippen MR) is 71.8 cm³/mol. The maximum absolute atomic E-state index is 10.9. The molecule has 0 saturated heterocycles. The van der Waals surface area contributed by atoms with Gasteiger partial charge in [-0.25, -0.2) is 0 Å². The summed E-state index contributed by atoms with van der Waals surface area (Å²) in [6, 6.07) is 7.90. The van der Waals surface area contributed by atoms with E-state index in [4.69, 9.17) is 5.11 Å². The number of carbonyl (C=O) groups is 1. The zero-order chi connectivity index (χ0) is 13.4. The Labute approximate surface area is 109 Å². The van der Waals surface area contributed by atoms with Crippen molar-refractivity contribution in [3.05, 3.63) is 42.2 Å². The molecule has 0 spiro atoms. The van der Waals surface area contributed by atoms with Gasteiger partial charge in [0.05, 0.1) is 12.1 Å². The smallest absolute Gasteiger partial charge is 0.307 e. The number of aromatic nitrogens is 3. The second-order valence-corrected chi connectivity index (χ2v) is 4.50. The van der Waals surface area contributed by atoms with Crippen LogP contribution in [0, 0.1) is 0 Å². The Morgan fingerprint density at radius 1 is 1.42 bits per heavy atom. The number of para-hydroxylation sites is 1. The highest BCUT2D eigenvalue weighted by Crippen LogP contribution is 2.29. The van der Waals surface area contributed by atoms with E-state index in [0.717, 1.165) is 27.7 Å². The molecule has 0 aliphatic heterocycles. The third-order valence-electron chi connectivity index (χ3n) is 3.09. The number of benzene rings is 1. The van der Waals surface area contributed by atoms with E-state index in [1.165, 1.54) is 0 Å². The van der Waals surface area contributed by atoms with E-state index in [2.05, 4.69) is 10.1 Å². The van der Waals surface area contributed by atoms with Gasteiger partial charge in [0.2, 0.25) is 0 Å². The van der Waals surface area contributed by atoms with Crippen molar-refractivity contribution in [1.29, 1.82) is 0 Å². The van der Waals surface area contributed by atoms with Crippen LogP contribution in [-0.4, -0.2) is 25.8 Å². The van der Waals surface area contributed by atoms with Gasteiger partial charge in [0.15, 0.2) is 0 Å². The maximum atomic E-state index is 10.9. The van der Waals surface area contributed by atoms with Crippen LogP contribution in [0.25, 0.3) is 22.2 Å². The van der Waals surface area contributed by atoms with Gasteiger partial charge in [-0.3, -0.25) is 9.48 Å². The van der Waals surface area contributed by atoms with Crippen molar-refractivity contribution in [2.45, 2.75) is 6.42 Å². The summed E-state index contributed by atoms with van der Waals surface area (Å²) in [5.74, 6) is -0.853. The number of aromatic amines is 1. The first-order chi connectivity index (χ1) is 9.15. The molecular formula is C14H13N3O2. The molecule has 3 aromatic rings. The number of hydrogen-bond donors (Lipinski definition) is 2. The Kier molecular flexibility index (Phi) is 2.59. The number of nitrogens with zero attached hydrogens (tertiary/aromatic N) is 2. The average Bonchev–Trinajstić information content (AvgIpc) is 2.92. The molecule has 0 amide bonds. The van der Waals surface area contributed by atoms with E-state index in [-0.39, 0.29) is 6.42 Å². The Morgan fingerprint density at radius 3 is 3.00 bits per heavy atom. The summed E-state index contributed by atoms with van der Waals surface area (Å²) in [6.45, 7) is 0. The summed E-state index contributed by atoms with van der Waals surface area (Å²) < 4.78 is 1.65. The van der Waals surface area contributed by atoms with Gasteiger partial charge in [0, 0.05) is 41.5 Å². The fraction of sp³-hybridized carbons (Fsp3) is 0.143. The monoisotopic (exact) mass is 255 g/mol. The van der Waals surface area contributed by atoms with Gasteiger partial charge in [-0.1, -0.05) is 18.2 Å². The molecule has 19 heavy (non-hydrogen) atoms. The Morgan fingerprint density at radius 2 is 2.21 bits per heavy atom. The normalized spacial score (nSPS) is 11.0. The lowest BCUT2D eigenvalue weighted by Crippen LogP contribution is -2.00. The predicted octanol–water partition coefficient (Wildman–Crippen LogP) is 2.20. The van der Waals surface area contributed by atoms with E-state index in [1.54, 1.807) is 17.9 Å². The van der Waals surface area contributed by atoms with Crippen LogP contribution in [0.5, 0.6) is 0 Å². The third-order valence-corrected chi connectivity index (χ3v) is 3.09. The van der Waals surface area contributed by atoms with Gasteiger partial charge in [0.25, 0.3) is 0 Å². The van der Waals surface area contributed by atoms with E-state index in [9.17, 15) is 4.79 Å². The molecule has 1 aromatic carbocycles. The van der Waals surface area contributed by atoms with Crippen molar-refractivity contribution < 1.29 is 9.90 Å². The lowest BCUT2D eigenvalue weighted by atomic mass is 10.1. The molecule has 0 radical (unpaired) electrons. The number of hydrogen-bond acceptors (Lipinski definition) is 2. The molecule has 96 valence electrons. The minimum Gasteiger partial charge on any atom is -0.481 e. The van der Waals surface area contributed by atoms with Crippen LogP contribution in [0.4, 0.5) is 0 Å². The van der Waals surface area contributed by atoms with Crippen molar-refractivity contribution in [2.24, 2.45) is 7.05 Å². The van der Waals surface area contributed by atoms with Crippen LogP contribution in [0.15, 0.2) is 36.7 Å².